The Morgan fingerprint density at radius 3 is 2.97 bits per heavy atom. The maximum Gasteiger partial charge on any atom is 0.389 e. The van der Waals surface area contributed by atoms with Gasteiger partial charge in [-0.05, 0) is 43.2 Å². The molecule has 0 bridgehead atoms. The van der Waals surface area contributed by atoms with Gasteiger partial charge in [-0.15, -0.1) is 5.10 Å². The number of fused-ring (bicyclic) bond motifs is 1. The van der Waals surface area contributed by atoms with E-state index in [1.54, 1.807) is 29.2 Å². The van der Waals surface area contributed by atoms with Crippen molar-refractivity contribution in [3.05, 3.63) is 36.4 Å². The molecule has 3 fully saturated rings. The molecule has 3 aliphatic rings. The van der Waals surface area contributed by atoms with Gasteiger partial charge in [0.25, 0.3) is 0 Å². The first-order chi connectivity index (χ1) is 15.8. The lowest BCUT2D eigenvalue weighted by Gasteiger charge is -2.38. The van der Waals surface area contributed by atoms with Crippen LogP contribution in [0.25, 0.3) is 5.65 Å². The molecule has 2 aliphatic carbocycles. The summed E-state index contributed by atoms with van der Waals surface area (Å²) in [5.74, 6) is 3.03. The summed E-state index contributed by atoms with van der Waals surface area (Å²) in [4.78, 5) is 15.6. The third-order valence-corrected chi connectivity index (χ3v) is 7.28. The predicted molar refractivity (Wildman–Crippen MR) is 114 cm³/mol. The fourth-order valence-electron chi connectivity index (χ4n) is 5.68. The Balaban J connectivity index is 1.13. The zero-order chi connectivity index (χ0) is 22.8. The minimum atomic E-state index is -4.18. The molecule has 4 atom stereocenters. The molecule has 1 aliphatic heterocycles. The van der Waals surface area contributed by atoms with Crippen molar-refractivity contribution in [2.75, 3.05) is 29.9 Å². The molecule has 1 spiro atoms. The topological polar surface area (TPSA) is 80.5 Å². The van der Waals surface area contributed by atoms with Crippen molar-refractivity contribution in [1.29, 1.82) is 0 Å². The van der Waals surface area contributed by atoms with E-state index in [9.17, 15) is 13.2 Å². The van der Waals surface area contributed by atoms with Crippen LogP contribution >= 0.6 is 0 Å². The van der Waals surface area contributed by atoms with Gasteiger partial charge in [0, 0.05) is 49.4 Å². The van der Waals surface area contributed by atoms with Crippen LogP contribution < -0.4 is 15.0 Å². The predicted octanol–water partition coefficient (Wildman–Crippen LogP) is 3.49. The molecule has 174 valence electrons. The highest BCUT2D eigenvalue weighted by Gasteiger charge is 2.76. The molecule has 11 heteroatoms. The summed E-state index contributed by atoms with van der Waals surface area (Å²) >= 11 is 0. The molecular formula is C22H24F3N7O. The maximum atomic E-state index is 12.4. The van der Waals surface area contributed by atoms with Crippen molar-refractivity contribution in [3.63, 3.8) is 0 Å². The van der Waals surface area contributed by atoms with Crippen LogP contribution in [0.2, 0.25) is 0 Å². The van der Waals surface area contributed by atoms with E-state index in [0.29, 0.717) is 40.6 Å². The molecule has 0 radical (unpaired) electrons. The zero-order valence-corrected chi connectivity index (χ0v) is 18.1. The fourth-order valence-corrected chi connectivity index (χ4v) is 5.68. The fraction of sp³-hybridized carbons (Fsp3) is 0.545. The molecule has 0 aromatic carbocycles. The Hall–Kier alpha value is -3.11. The molecule has 4 heterocycles. The molecule has 1 N–H and O–H groups in total. The van der Waals surface area contributed by atoms with E-state index in [-0.39, 0.29) is 13.0 Å². The van der Waals surface area contributed by atoms with Crippen LogP contribution in [-0.4, -0.2) is 56.5 Å². The number of aryl methyl sites for hydroxylation is 1. The van der Waals surface area contributed by atoms with Crippen molar-refractivity contribution in [3.8, 4) is 5.75 Å². The Bertz CT molecular complexity index is 1200. The highest BCUT2D eigenvalue weighted by molar-refractivity contribution is 5.56. The van der Waals surface area contributed by atoms with Crippen LogP contribution in [0, 0.1) is 24.2 Å². The molecule has 6 rings (SSSR count). The van der Waals surface area contributed by atoms with Crippen molar-refractivity contribution in [2.45, 2.75) is 38.4 Å². The SMILES string of the molecule is Cc1cc(N2C[C@H]3[C@H](Nc4nc5c(OCCCC(F)(F)F)cccn5n4)C4CC43C2)ncn1. The van der Waals surface area contributed by atoms with Crippen molar-refractivity contribution < 1.29 is 17.9 Å². The van der Waals surface area contributed by atoms with Gasteiger partial charge in [-0.3, -0.25) is 0 Å². The summed E-state index contributed by atoms with van der Waals surface area (Å²) in [7, 11) is 0. The monoisotopic (exact) mass is 459 g/mol. The Labute approximate surface area is 188 Å². The number of hydrogen-bond donors (Lipinski definition) is 1. The first-order valence-corrected chi connectivity index (χ1v) is 11.2. The number of hydrogen-bond acceptors (Lipinski definition) is 7. The van der Waals surface area contributed by atoms with Gasteiger partial charge in [-0.25, -0.2) is 14.5 Å². The van der Waals surface area contributed by atoms with Gasteiger partial charge in [0.2, 0.25) is 5.95 Å². The molecule has 0 amide bonds. The van der Waals surface area contributed by atoms with Crippen LogP contribution in [0.4, 0.5) is 24.9 Å². The van der Waals surface area contributed by atoms with Crippen molar-refractivity contribution in [1.82, 2.24) is 24.6 Å². The standard InChI is InChI=1S/C22H24F3N7O/c1-13-8-17(27-12-26-13)31-10-15-18(14-9-21(14,15)11-31)28-20-29-19-16(4-2-6-32(19)30-20)33-7-3-5-22(23,24)25/h2,4,6,8,12,14-15,18H,3,5,7,9-11H2,1H3,(H,28,30)/t14?,15-,18+,21?/m0/s1. The quantitative estimate of drug-likeness (QED) is 0.542. The van der Waals surface area contributed by atoms with Gasteiger partial charge >= 0.3 is 6.18 Å². The summed E-state index contributed by atoms with van der Waals surface area (Å²) in [6, 6.07) is 5.78. The third-order valence-electron chi connectivity index (χ3n) is 7.28. The third kappa shape index (κ3) is 3.53. The maximum absolute atomic E-state index is 12.4. The van der Waals surface area contributed by atoms with Crippen molar-refractivity contribution >= 4 is 17.4 Å². The average Bonchev–Trinajstić information content (AvgIpc) is 3.03. The van der Waals surface area contributed by atoms with Crippen LogP contribution in [0.1, 0.15) is 25.0 Å². The first kappa shape index (κ1) is 20.5. The average molecular weight is 459 g/mol. The first-order valence-electron chi connectivity index (χ1n) is 11.2. The summed E-state index contributed by atoms with van der Waals surface area (Å²) < 4.78 is 44.3. The Morgan fingerprint density at radius 1 is 1.27 bits per heavy atom. The highest BCUT2D eigenvalue weighted by atomic mass is 19.4. The molecule has 3 aromatic rings. The lowest BCUT2D eigenvalue weighted by molar-refractivity contribution is -0.136. The van der Waals surface area contributed by atoms with E-state index in [2.05, 4.69) is 30.3 Å². The number of aromatic nitrogens is 5. The van der Waals surface area contributed by atoms with Gasteiger partial charge in [0.05, 0.1) is 6.61 Å². The number of alkyl halides is 3. The van der Waals surface area contributed by atoms with Gasteiger partial charge in [-0.1, -0.05) is 0 Å². The number of anilines is 2. The minimum Gasteiger partial charge on any atom is -0.490 e. The molecule has 8 nitrogen and oxygen atoms in total. The second kappa shape index (κ2) is 7.19. The lowest BCUT2D eigenvalue weighted by Crippen LogP contribution is -2.47. The molecule has 2 unspecified atom stereocenters. The molecule has 1 saturated heterocycles. The highest BCUT2D eigenvalue weighted by Crippen LogP contribution is 2.74. The zero-order valence-electron chi connectivity index (χ0n) is 18.1. The molecule has 2 saturated carbocycles. The Morgan fingerprint density at radius 2 is 2.15 bits per heavy atom. The molecule has 3 aromatic heterocycles. The van der Waals surface area contributed by atoms with Gasteiger partial charge in [-0.2, -0.15) is 18.2 Å². The van der Waals surface area contributed by atoms with E-state index < -0.39 is 12.6 Å². The number of nitrogens with zero attached hydrogens (tertiary/aromatic N) is 6. The van der Waals surface area contributed by atoms with Crippen LogP contribution in [0.15, 0.2) is 30.7 Å². The summed E-state index contributed by atoms with van der Waals surface area (Å²) in [6.45, 7) is 3.90. The van der Waals surface area contributed by atoms with E-state index >= 15 is 0 Å². The Kier molecular flexibility index (Phi) is 4.47. The number of rotatable bonds is 7. The largest absolute Gasteiger partial charge is 0.490 e. The number of nitrogens with one attached hydrogen (secondary N) is 1. The number of pyridine rings is 1. The lowest BCUT2D eigenvalue weighted by atomic mass is 9.71. The van der Waals surface area contributed by atoms with Gasteiger partial charge in [0.1, 0.15) is 12.1 Å². The summed E-state index contributed by atoms with van der Waals surface area (Å²) in [5.41, 5.74) is 1.82. The van der Waals surface area contributed by atoms with E-state index in [0.717, 1.165) is 24.6 Å². The second-order valence-electron chi connectivity index (χ2n) is 9.36. The second-order valence-corrected chi connectivity index (χ2v) is 9.36. The normalized spacial score (nSPS) is 27.8. The van der Waals surface area contributed by atoms with E-state index in [1.165, 1.54) is 6.42 Å². The minimum absolute atomic E-state index is 0.0253. The van der Waals surface area contributed by atoms with E-state index in [4.69, 9.17) is 4.74 Å². The summed E-state index contributed by atoms with van der Waals surface area (Å²) in [5, 5.41) is 8.03. The van der Waals surface area contributed by atoms with Gasteiger partial charge in [0.15, 0.2) is 11.4 Å². The van der Waals surface area contributed by atoms with Crippen LogP contribution in [0.5, 0.6) is 5.75 Å². The molecule has 33 heavy (non-hydrogen) atoms. The van der Waals surface area contributed by atoms with Crippen LogP contribution in [0.3, 0.4) is 0 Å². The van der Waals surface area contributed by atoms with Gasteiger partial charge < -0.3 is 15.0 Å². The van der Waals surface area contributed by atoms with E-state index in [1.807, 2.05) is 13.0 Å². The number of halogens is 3. The van der Waals surface area contributed by atoms with Crippen LogP contribution in [-0.2, 0) is 0 Å². The summed E-state index contributed by atoms with van der Waals surface area (Å²) in [6.07, 6.45) is -0.576. The number of ether oxygens (including phenoxy) is 1. The molecular weight excluding hydrogens is 435 g/mol. The smallest absolute Gasteiger partial charge is 0.389 e. The van der Waals surface area contributed by atoms with Crippen molar-refractivity contribution in [2.24, 2.45) is 17.3 Å².